The Hall–Kier alpha value is -1.13. The molecule has 4 heteroatoms. The van der Waals surface area contributed by atoms with Crippen LogP contribution in [0.15, 0.2) is 18.2 Å². The number of nitrogens with one attached hydrogen (secondary N) is 1. The predicted octanol–water partition coefficient (Wildman–Crippen LogP) is 2.61. The van der Waals surface area contributed by atoms with Crippen molar-refractivity contribution in [3.8, 4) is 0 Å². The zero-order chi connectivity index (χ0) is 14.8. The fraction of sp³-hybridized carbons (Fsp3) is 0.647. The Bertz CT molecular complexity index is 477. The van der Waals surface area contributed by atoms with E-state index in [-0.39, 0.29) is 5.82 Å². The van der Waals surface area contributed by atoms with Gasteiger partial charge in [-0.05, 0) is 30.5 Å². The molecule has 1 saturated heterocycles. The van der Waals surface area contributed by atoms with E-state index in [9.17, 15) is 4.39 Å². The molecular weight excluding hydrogens is 265 g/mol. The molecule has 1 N–H and O–H groups in total. The van der Waals surface area contributed by atoms with E-state index < -0.39 is 0 Å². The summed E-state index contributed by atoms with van der Waals surface area (Å²) in [5.74, 6) is -0.0853. The first-order chi connectivity index (χ1) is 10.1. The second kappa shape index (κ2) is 6.32. The summed E-state index contributed by atoms with van der Waals surface area (Å²) >= 11 is 0. The fourth-order valence-corrected chi connectivity index (χ4v) is 3.01. The Kier molecular flexibility index (Phi) is 4.45. The van der Waals surface area contributed by atoms with Crippen molar-refractivity contribution in [3.05, 3.63) is 29.6 Å². The molecule has 1 aromatic carbocycles. The smallest absolute Gasteiger partial charge is 0.146 e. The van der Waals surface area contributed by atoms with Crippen LogP contribution in [0.2, 0.25) is 0 Å². The second-order valence-corrected chi connectivity index (χ2v) is 6.58. The monoisotopic (exact) mass is 291 g/mol. The molecule has 3 rings (SSSR count). The molecule has 3 nitrogen and oxygen atoms in total. The third kappa shape index (κ3) is 3.74. The highest BCUT2D eigenvalue weighted by atomic mass is 19.1. The third-order valence-electron chi connectivity index (χ3n) is 4.44. The van der Waals surface area contributed by atoms with E-state index >= 15 is 0 Å². The van der Waals surface area contributed by atoms with Gasteiger partial charge in [-0.2, -0.15) is 0 Å². The number of piperazine rings is 1. The van der Waals surface area contributed by atoms with Crippen molar-refractivity contribution < 1.29 is 4.39 Å². The first-order valence-corrected chi connectivity index (χ1v) is 8.14. The molecule has 0 aromatic heterocycles. The number of rotatable bonds is 5. The van der Waals surface area contributed by atoms with E-state index in [1.54, 1.807) is 6.07 Å². The molecule has 0 radical (unpaired) electrons. The van der Waals surface area contributed by atoms with Gasteiger partial charge in [-0.1, -0.05) is 19.9 Å². The van der Waals surface area contributed by atoms with E-state index in [1.165, 1.54) is 12.8 Å². The summed E-state index contributed by atoms with van der Waals surface area (Å²) in [7, 11) is 0. The molecule has 1 aliphatic carbocycles. The normalized spacial score (nSPS) is 20.3. The molecule has 1 saturated carbocycles. The number of hydrogen-bond acceptors (Lipinski definition) is 3. The van der Waals surface area contributed by atoms with Gasteiger partial charge in [-0.25, -0.2) is 4.39 Å². The lowest BCUT2D eigenvalue weighted by atomic mass is 10.1. The fourth-order valence-electron chi connectivity index (χ4n) is 3.01. The van der Waals surface area contributed by atoms with Crippen LogP contribution in [0.5, 0.6) is 0 Å². The van der Waals surface area contributed by atoms with Gasteiger partial charge in [0.1, 0.15) is 5.82 Å². The SMILES string of the molecule is CC(C)NCc1ccc(N2CCN(C3CC3)CC2)c(F)c1. The first-order valence-electron chi connectivity index (χ1n) is 8.14. The van der Waals surface area contributed by atoms with Gasteiger partial charge in [-0.3, -0.25) is 4.90 Å². The van der Waals surface area contributed by atoms with Gasteiger partial charge in [0.25, 0.3) is 0 Å². The third-order valence-corrected chi connectivity index (χ3v) is 4.44. The molecule has 0 unspecified atom stereocenters. The van der Waals surface area contributed by atoms with Crippen LogP contribution in [0, 0.1) is 5.82 Å². The van der Waals surface area contributed by atoms with Crippen LogP contribution in [0.25, 0.3) is 0 Å². The molecular formula is C17H26FN3. The van der Waals surface area contributed by atoms with Gasteiger partial charge in [0.15, 0.2) is 0 Å². The minimum Gasteiger partial charge on any atom is -0.367 e. The van der Waals surface area contributed by atoms with Crippen molar-refractivity contribution in [2.24, 2.45) is 0 Å². The van der Waals surface area contributed by atoms with E-state index in [0.29, 0.717) is 6.04 Å². The first kappa shape index (κ1) is 14.8. The van der Waals surface area contributed by atoms with Gasteiger partial charge in [0, 0.05) is 44.8 Å². The maximum absolute atomic E-state index is 14.3. The number of nitrogens with zero attached hydrogens (tertiary/aromatic N) is 2. The van der Waals surface area contributed by atoms with Crippen molar-refractivity contribution in [1.29, 1.82) is 0 Å². The molecule has 1 aromatic rings. The summed E-state index contributed by atoms with van der Waals surface area (Å²) in [6, 6.07) is 6.91. The summed E-state index contributed by atoms with van der Waals surface area (Å²) in [4.78, 5) is 4.74. The zero-order valence-electron chi connectivity index (χ0n) is 13.1. The molecule has 21 heavy (non-hydrogen) atoms. The zero-order valence-corrected chi connectivity index (χ0v) is 13.1. The lowest BCUT2D eigenvalue weighted by Gasteiger charge is -2.36. The number of anilines is 1. The quantitative estimate of drug-likeness (QED) is 0.899. The summed E-state index contributed by atoms with van der Waals surface area (Å²) in [5.41, 5.74) is 1.78. The van der Waals surface area contributed by atoms with Gasteiger partial charge in [0.2, 0.25) is 0 Å². The molecule has 2 aliphatic rings. The molecule has 0 spiro atoms. The number of halogens is 1. The van der Waals surface area contributed by atoms with Gasteiger partial charge >= 0.3 is 0 Å². The molecule has 0 atom stereocenters. The van der Waals surface area contributed by atoms with Gasteiger partial charge < -0.3 is 10.2 Å². The van der Waals surface area contributed by atoms with E-state index in [1.807, 2.05) is 12.1 Å². The van der Waals surface area contributed by atoms with Crippen LogP contribution in [0.1, 0.15) is 32.3 Å². The molecule has 116 valence electrons. The van der Waals surface area contributed by atoms with Gasteiger partial charge in [0.05, 0.1) is 5.69 Å². The highest BCUT2D eigenvalue weighted by molar-refractivity contribution is 5.49. The van der Waals surface area contributed by atoms with Crippen molar-refractivity contribution >= 4 is 5.69 Å². The Morgan fingerprint density at radius 2 is 1.90 bits per heavy atom. The lowest BCUT2D eigenvalue weighted by Crippen LogP contribution is -2.47. The lowest BCUT2D eigenvalue weighted by molar-refractivity contribution is 0.247. The maximum Gasteiger partial charge on any atom is 0.146 e. The van der Waals surface area contributed by atoms with Gasteiger partial charge in [-0.15, -0.1) is 0 Å². The second-order valence-electron chi connectivity index (χ2n) is 6.58. The van der Waals surface area contributed by atoms with E-state index in [2.05, 4.69) is 29.0 Å². The minimum atomic E-state index is -0.0853. The van der Waals surface area contributed by atoms with Crippen molar-refractivity contribution in [3.63, 3.8) is 0 Å². The topological polar surface area (TPSA) is 18.5 Å². The Labute approximate surface area is 127 Å². The molecule has 2 fully saturated rings. The van der Waals surface area contributed by atoms with E-state index in [4.69, 9.17) is 0 Å². The highest BCUT2D eigenvalue weighted by Gasteiger charge is 2.31. The Morgan fingerprint density at radius 3 is 2.48 bits per heavy atom. The average molecular weight is 291 g/mol. The number of benzene rings is 1. The Balaban J connectivity index is 1.60. The van der Waals surface area contributed by atoms with E-state index in [0.717, 1.165) is 50.0 Å². The Morgan fingerprint density at radius 1 is 1.19 bits per heavy atom. The highest BCUT2D eigenvalue weighted by Crippen LogP contribution is 2.29. The van der Waals surface area contributed by atoms with Crippen LogP contribution in [0.3, 0.4) is 0 Å². The van der Waals surface area contributed by atoms with Crippen LogP contribution >= 0.6 is 0 Å². The molecule has 0 amide bonds. The summed E-state index contributed by atoms with van der Waals surface area (Å²) < 4.78 is 14.3. The molecule has 1 aliphatic heterocycles. The average Bonchev–Trinajstić information content (AvgIpc) is 3.30. The summed E-state index contributed by atoms with van der Waals surface area (Å²) in [5, 5.41) is 3.33. The molecule has 1 heterocycles. The maximum atomic E-state index is 14.3. The van der Waals surface area contributed by atoms with Crippen molar-refractivity contribution in [1.82, 2.24) is 10.2 Å². The summed E-state index contributed by atoms with van der Waals surface area (Å²) in [6.07, 6.45) is 2.71. The van der Waals surface area contributed by atoms with Crippen molar-refractivity contribution in [2.75, 3.05) is 31.1 Å². The van der Waals surface area contributed by atoms with Crippen LogP contribution in [0.4, 0.5) is 10.1 Å². The standard InChI is InChI=1S/C17H26FN3/c1-13(2)19-12-14-3-6-17(16(18)11-14)21-9-7-20(8-10-21)15-4-5-15/h3,6,11,13,15,19H,4-5,7-10,12H2,1-2H3. The van der Waals surface area contributed by atoms with Crippen LogP contribution in [-0.2, 0) is 6.54 Å². The number of hydrogen-bond donors (Lipinski definition) is 1. The van der Waals surface area contributed by atoms with Crippen molar-refractivity contribution in [2.45, 2.75) is 45.3 Å². The van der Waals surface area contributed by atoms with Crippen LogP contribution < -0.4 is 10.2 Å². The predicted molar refractivity (Wildman–Crippen MR) is 85.2 cm³/mol. The minimum absolute atomic E-state index is 0.0853. The van der Waals surface area contributed by atoms with Crippen LogP contribution in [-0.4, -0.2) is 43.2 Å². The molecule has 0 bridgehead atoms. The largest absolute Gasteiger partial charge is 0.367 e. The summed E-state index contributed by atoms with van der Waals surface area (Å²) in [6.45, 7) is 8.95.